The molecule has 1 aliphatic rings. The smallest absolute Gasteiger partial charge is 0.321 e. The van der Waals surface area contributed by atoms with Gasteiger partial charge in [-0.25, -0.2) is 4.79 Å². The number of urea groups is 1. The second-order valence-corrected chi connectivity index (χ2v) is 4.17. The highest BCUT2D eigenvalue weighted by atomic mass is 16.2. The molecule has 0 aliphatic heterocycles. The summed E-state index contributed by atoms with van der Waals surface area (Å²) in [6.45, 7) is 4.80. The van der Waals surface area contributed by atoms with E-state index in [4.69, 9.17) is 0 Å². The predicted octanol–water partition coefficient (Wildman–Crippen LogP) is 0.0761. The average molecular weight is 213 g/mol. The van der Waals surface area contributed by atoms with Crippen molar-refractivity contribution in [3.05, 3.63) is 0 Å². The van der Waals surface area contributed by atoms with Gasteiger partial charge >= 0.3 is 6.03 Å². The lowest BCUT2D eigenvalue weighted by Gasteiger charge is -2.12. The molecule has 0 radical (unpaired) electrons. The van der Waals surface area contributed by atoms with Gasteiger partial charge in [0.1, 0.15) is 0 Å². The minimum atomic E-state index is -0.464. The van der Waals surface area contributed by atoms with E-state index in [9.17, 15) is 9.59 Å². The SMILES string of the molecule is CNC(=O)NC(=O)C(C)NCC1CC1C. The third kappa shape index (κ3) is 3.87. The van der Waals surface area contributed by atoms with Crippen LogP contribution in [-0.4, -0.2) is 31.6 Å². The number of amides is 3. The summed E-state index contributed by atoms with van der Waals surface area (Å²) >= 11 is 0. The predicted molar refractivity (Wildman–Crippen MR) is 57.3 cm³/mol. The minimum absolute atomic E-state index is 0.289. The first-order valence-electron chi connectivity index (χ1n) is 5.30. The van der Waals surface area contributed by atoms with Crippen LogP contribution in [0.25, 0.3) is 0 Å². The van der Waals surface area contributed by atoms with Crippen molar-refractivity contribution < 1.29 is 9.59 Å². The first-order chi connectivity index (χ1) is 7.04. The highest BCUT2D eigenvalue weighted by Gasteiger charge is 2.32. The molecule has 0 saturated heterocycles. The summed E-state index contributed by atoms with van der Waals surface area (Å²) in [7, 11) is 1.48. The van der Waals surface area contributed by atoms with Gasteiger partial charge in [0.05, 0.1) is 6.04 Å². The van der Waals surface area contributed by atoms with Gasteiger partial charge in [-0.2, -0.15) is 0 Å². The van der Waals surface area contributed by atoms with Crippen LogP contribution in [0.3, 0.4) is 0 Å². The Labute approximate surface area is 90.0 Å². The number of imide groups is 1. The van der Waals surface area contributed by atoms with Gasteiger partial charge in [-0.15, -0.1) is 0 Å². The minimum Gasteiger partial charge on any atom is -0.341 e. The Balaban J connectivity index is 2.17. The molecule has 3 amide bonds. The van der Waals surface area contributed by atoms with Crippen LogP contribution in [0, 0.1) is 11.8 Å². The summed E-state index contributed by atoms with van der Waals surface area (Å²) in [6, 6.07) is -0.788. The van der Waals surface area contributed by atoms with E-state index in [1.165, 1.54) is 13.5 Å². The third-order valence-corrected chi connectivity index (χ3v) is 2.82. The Morgan fingerprint density at radius 1 is 1.47 bits per heavy atom. The van der Waals surface area contributed by atoms with E-state index in [1.807, 2.05) is 0 Å². The van der Waals surface area contributed by atoms with E-state index >= 15 is 0 Å². The van der Waals surface area contributed by atoms with Crippen LogP contribution in [0.1, 0.15) is 20.3 Å². The Bertz CT molecular complexity index is 255. The number of hydrogen-bond acceptors (Lipinski definition) is 3. The maximum Gasteiger partial charge on any atom is 0.321 e. The fourth-order valence-corrected chi connectivity index (χ4v) is 1.39. The normalized spacial score (nSPS) is 25.5. The van der Waals surface area contributed by atoms with Crippen LogP contribution in [0.5, 0.6) is 0 Å². The van der Waals surface area contributed by atoms with E-state index in [0.29, 0.717) is 5.92 Å². The maximum absolute atomic E-state index is 11.4. The van der Waals surface area contributed by atoms with Gasteiger partial charge in [-0.3, -0.25) is 10.1 Å². The Morgan fingerprint density at radius 2 is 2.07 bits per heavy atom. The summed E-state index contributed by atoms with van der Waals surface area (Å²) < 4.78 is 0. The van der Waals surface area contributed by atoms with Crippen LogP contribution in [0.4, 0.5) is 4.79 Å². The summed E-state index contributed by atoms with van der Waals surface area (Å²) in [4.78, 5) is 22.3. The lowest BCUT2D eigenvalue weighted by atomic mass is 10.2. The van der Waals surface area contributed by atoms with E-state index in [1.54, 1.807) is 6.92 Å². The topological polar surface area (TPSA) is 70.2 Å². The average Bonchev–Trinajstić information content (AvgIpc) is 2.90. The van der Waals surface area contributed by atoms with Gasteiger partial charge in [-0.05, 0) is 31.7 Å². The van der Waals surface area contributed by atoms with E-state index < -0.39 is 6.03 Å². The lowest BCUT2D eigenvalue weighted by molar-refractivity contribution is -0.121. The molecule has 5 heteroatoms. The van der Waals surface area contributed by atoms with Gasteiger partial charge in [0, 0.05) is 7.05 Å². The molecule has 3 N–H and O–H groups in total. The number of hydrogen-bond donors (Lipinski definition) is 3. The Morgan fingerprint density at radius 3 is 2.53 bits per heavy atom. The largest absolute Gasteiger partial charge is 0.341 e. The summed E-state index contributed by atoms with van der Waals surface area (Å²) in [5.74, 6) is 1.18. The standard InChI is InChI=1S/C10H19N3O2/c1-6-4-8(6)5-12-7(2)9(14)13-10(15)11-3/h6-8,12H,4-5H2,1-3H3,(H2,11,13,14,15). The van der Waals surface area contributed by atoms with Gasteiger partial charge in [0.25, 0.3) is 0 Å². The Kier molecular flexibility index (Phi) is 4.08. The van der Waals surface area contributed by atoms with Gasteiger partial charge in [0.15, 0.2) is 0 Å². The van der Waals surface area contributed by atoms with Gasteiger partial charge in [-0.1, -0.05) is 6.92 Å². The molecule has 1 saturated carbocycles. The quantitative estimate of drug-likeness (QED) is 0.619. The highest BCUT2D eigenvalue weighted by molar-refractivity contribution is 5.96. The summed E-state index contributed by atoms with van der Waals surface area (Å²) in [5, 5.41) is 7.68. The van der Waals surface area contributed by atoms with E-state index in [0.717, 1.165) is 12.5 Å². The molecule has 0 heterocycles. The molecule has 0 aromatic carbocycles. The van der Waals surface area contributed by atoms with Crippen molar-refractivity contribution in [2.75, 3.05) is 13.6 Å². The zero-order valence-electron chi connectivity index (χ0n) is 9.46. The molecule has 0 spiro atoms. The first-order valence-corrected chi connectivity index (χ1v) is 5.30. The van der Waals surface area contributed by atoms with Gasteiger partial charge < -0.3 is 10.6 Å². The zero-order chi connectivity index (χ0) is 11.4. The molecule has 5 nitrogen and oxygen atoms in total. The van der Waals surface area contributed by atoms with Crippen LogP contribution < -0.4 is 16.0 Å². The first kappa shape index (κ1) is 12.0. The fourth-order valence-electron chi connectivity index (χ4n) is 1.39. The number of nitrogens with one attached hydrogen (secondary N) is 3. The molecular weight excluding hydrogens is 194 g/mol. The lowest BCUT2D eigenvalue weighted by Crippen LogP contribution is -2.47. The van der Waals surface area contributed by atoms with Crippen LogP contribution in [-0.2, 0) is 4.79 Å². The van der Waals surface area contributed by atoms with Crippen molar-refractivity contribution in [2.24, 2.45) is 11.8 Å². The second-order valence-electron chi connectivity index (χ2n) is 4.17. The third-order valence-electron chi connectivity index (χ3n) is 2.82. The summed E-state index contributed by atoms with van der Waals surface area (Å²) in [5.41, 5.74) is 0. The molecule has 0 aromatic rings. The van der Waals surface area contributed by atoms with Crippen LogP contribution in [0.2, 0.25) is 0 Å². The second kappa shape index (κ2) is 5.11. The molecule has 1 fully saturated rings. The highest BCUT2D eigenvalue weighted by Crippen LogP contribution is 2.36. The molecule has 3 unspecified atom stereocenters. The van der Waals surface area contributed by atoms with Crippen molar-refractivity contribution in [1.82, 2.24) is 16.0 Å². The molecule has 15 heavy (non-hydrogen) atoms. The fraction of sp³-hybridized carbons (Fsp3) is 0.800. The molecule has 86 valence electrons. The van der Waals surface area contributed by atoms with E-state index in [2.05, 4.69) is 22.9 Å². The molecular formula is C10H19N3O2. The molecule has 1 rings (SSSR count). The van der Waals surface area contributed by atoms with Crippen molar-refractivity contribution >= 4 is 11.9 Å². The van der Waals surface area contributed by atoms with Gasteiger partial charge in [0.2, 0.25) is 5.91 Å². The van der Waals surface area contributed by atoms with Crippen LogP contribution in [0.15, 0.2) is 0 Å². The van der Waals surface area contributed by atoms with E-state index in [-0.39, 0.29) is 11.9 Å². The Hall–Kier alpha value is -1.10. The number of carbonyl (C=O) groups excluding carboxylic acids is 2. The number of rotatable bonds is 4. The van der Waals surface area contributed by atoms with Crippen molar-refractivity contribution in [2.45, 2.75) is 26.3 Å². The molecule has 0 aromatic heterocycles. The monoisotopic (exact) mass is 213 g/mol. The molecule has 0 bridgehead atoms. The van der Waals surface area contributed by atoms with Crippen molar-refractivity contribution in [3.63, 3.8) is 0 Å². The van der Waals surface area contributed by atoms with Crippen molar-refractivity contribution in [1.29, 1.82) is 0 Å². The molecule has 3 atom stereocenters. The summed E-state index contributed by atoms with van der Waals surface area (Å²) in [6.07, 6.45) is 1.23. The molecule has 1 aliphatic carbocycles. The zero-order valence-corrected chi connectivity index (χ0v) is 9.46. The number of carbonyl (C=O) groups is 2. The van der Waals surface area contributed by atoms with Crippen molar-refractivity contribution in [3.8, 4) is 0 Å². The van der Waals surface area contributed by atoms with Crippen LogP contribution >= 0.6 is 0 Å². The maximum atomic E-state index is 11.4.